The Balaban J connectivity index is 2.26. The number of rotatable bonds is 5. The average Bonchev–Trinajstić information content (AvgIpc) is 2.50. The quantitative estimate of drug-likeness (QED) is 0.515. The fraction of sp³-hybridized carbons (Fsp3) is 0.133. The molecule has 0 aromatic heterocycles. The summed E-state index contributed by atoms with van der Waals surface area (Å²) in [6, 6.07) is 9.20. The van der Waals surface area contributed by atoms with Crippen LogP contribution in [0.4, 0.5) is 17.1 Å². The van der Waals surface area contributed by atoms with E-state index in [1.54, 1.807) is 6.21 Å². The van der Waals surface area contributed by atoms with E-state index in [-0.39, 0.29) is 11.4 Å². The number of hydrazone groups is 1. The molecule has 0 amide bonds. The van der Waals surface area contributed by atoms with Gasteiger partial charge in [0.2, 0.25) is 0 Å². The van der Waals surface area contributed by atoms with Gasteiger partial charge in [-0.05, 0) is 31.0 Å². The summed E-state index contributed by atoms with van der Waals surface area (Å²) in [5.74, 6) is 0. The van der Waals surface area contributed by atoms with Gasteiger partial charge in [0.15, 0.2) is 0 Å². The number of anilines is 1. The summed E-state index contributed by atoms with van der Waals surface area (Å²) in [5.41, 5.74) is 4.85. The maximum atomic E-state index is 11.0. The van der Waals surface area contributed by atoms with E-state index in [9.17, 15) is 20.2 Å². The SMILES string of the molecule is Cc1ccc(C)c(/C=N\Nc2ccc([N+](=O)[O-])cc2[N+](=O)[O-])c1. The molecule has 2 aromatic rings. The van der Waals surface area contributed by atoms with Crippen LogP contribution >= 0.6 is 0 Å². The predicted octanol–water partition coefficient (Wildman–Crippen LogP) is 3.57. The first kappa shape index (κ1) is 16.1. The van der Waals surface area contributed by atoms with Gasteiger partial charge in [0, 0.05) is 6.07 Å². The van der Waals surface area contributed by atoms with Crippen molar-refractivity contribution in [3.63, 3.8) is 0 Å². The number of nitro groups is 2. The van der Waals surface area contributed by atoms with E-state index < -0.39 is 15.5 Å². The molecule has 0 saturated carbocycles. The minimum atomic E-state index is -0.692. The normalized spacial score (nSPS) is 10.7. The van der Waals surface area contributed by atoms with Crippen LogP contribution < -0.4 is 5.43 Å². The topological polar surface area (TPSA) is 111 Å². The standard InChI is InChI=1S/C15H14N4O4/c1-10-3-4-11(2)12(7-10)9-16-17-14-6-5-13(18(20)21)8-15(14)19(22)23/h3-9,17H,1-2H3/b16-9-. The maximum Gasteiger partial charge on any atom is 0.301 e. The first-order chi connectivity index (χ1) is 10.9. The van der Waals surface area contributed by atoms with Crippen molar-refractivity contribution in [1.82, 2.24) is 0 Å². The molecule has 118 valence electrons. The van der Waals surface area contributed by atoms with Crippen LogP contribution in [0.2, 0.25) is 0 Å². The maximum absolute atomic E-state index is 11.0. The Morgan fingerprint density at radius 1 is 1.04 bits per heavy atom. The highest BCUT2D eigenvalue weighted by Gasteiger charge is 2.19. The first-order valence-corrected chi connectivity index (χ1v) is 6.67. The number of nitrogens with one attached hydrogen (secondary N) is 1. The fourth-order valence-corrected chi connectivity index (χ4v) is 1.95. The van der Waals surface area contributed by atoms with Crippen LogP contribution in [-0.2, 0) is 0 Å². The minimum Gasteiger partial charge on any atom is -0.272 e. The second-order valence-corrected chi connectivity index (χ2v) is 4.95. The van der Waals surface area contributed by atoms with Gasteiger partial charge in [0.1, 0.15) is 5.69 Å². The van der Waals surface area contributed by atoms with E-state index in [4.69, 9.17) is 0 Å². The molecule has 8 nitrogen and oxygen atoms in total. The average molecular weight is 314 g/mol. The highest BCUT2D eigenvalue weighted by Crippen LogP contribution is 2.28. The molecule has 0 bridgehead atoms. The van der Waals surface area contributed by atoms with Crippen molar-refractivity contribution in [1.29, 1.82) is 0 Å². The third kappa shape index (κ3) is 3.88. The van der Waals surface area contributed by atoms with Crippen molar-refractivity contribution in [2.24, 2.45) is 5.10 Å². The highest BCUT2D eigenvalue weighted by molar-refractivity contribution is 5.82. The van der Waals surface area contributed by atoms with Crippen molar-refractivity contribution in [3.05, 3.63) is 73.3 Å². The molecule has 0 unspecified atom stereocenters. The third-order valence-electron chi connectivity index (χ3n) is 3.21. The van der Waals surface area contributed by atoms with Gasteiger partial charge in [-0.25, -0.2) is 0 Å². The van der Waals surface area contributed by atoms with E-state index >= 15 is 0 Å². The summed E-state index contributed by atoms with van der Waals surface area (Å²) in [4.78, 5) is 20.3. The number of nitrogens with zero attached hydrogens (tertiary/aromatic N) is 3. The van der Waals surface area contributed by atoms with Crippen molar-refractivity contribution >= 4 is 23.3 Å². The van der Waals surface area contributed by atoms with Gasteiger partial charge in [-0.3, -0.25) is 25.7 Å². The number of nitro benzene ring substituents is 2. The summed E-state index contributed by atoms with van der Waals surface area (Å²) in [5, 5.41) is 25.7. The van der Waals surface area contributed by atoms with Gasteiger partial charge in [-0.1, -0.05) is 23.8 Å². The highest BCUT2D eigenvalue weighted by atomic mass is 16.6. The molecule has 2 rings (SSSR count). The lowest BCUT2D eigenvalue weighted by Crippen LogP contribution is -1.99. The largest absolute Gasteiger partial charge is 0.301 e. The van der Waals surface area contributed by atoms with E-state index in [1.165, 1.54) is 12.1 Å². The molecule has 2 aromatic carbocycles. The van der Waals surface area contributed by atoms with Gasteiger partial charge in [0.25, 0.3) is 5.69 Å². The molecule has 0 heterocycles. The van der Waals surface area contributed by atoms with Gasteiger partial charge in [-0.15, -0.1) is 0 Å². The molecule has 0 aliphatic rings. The summed E-state index contributed by atoms with van der Waals surface area (Å²) < 4.78 is 0. The molecule has 8 heteroatoms. The van der Waals surface area contributed by atoms with Crippen molar-refractivity contribution < 1.29 is 9.85 Å². The Hall–Kier alpha value is -3.29. The number of hydrogen-bond acceptors (Lipinski definition) is 6. The Labute approximate surface area is 131 Å². The zero-order valence-corrected chi connectivity index (χ0v) is 12.5. The minimum absolute atomic E-state index is 0.0853. The Kier molecular flexibility index (Phi) is 4.65. The molecule has 1 N–H and O–H groups in total. The van der Waals surface area contributed by atoms with Crippen LogP contribution in [0.3, 0.4) is 0 Å². The van der Waals surface area contributed by atoms with Crippen LogP contribution in [0.15, 0.2) is 41.5 Å². The fourth-order valence-electron chi connectivity index (χ4n) is 1.95. The first-order valence-electron chi connectivity index (χ1n) is 6.67. The molecular formula is C15H14N4O4. The lowest BCUT2D eigenvalue weighted by Gasteiger charge is -2.03. The predicted molar refractivity (Wildman–Crippen MR) is 86.9 cm³/mol. The van der Waals surface area contributed by atoms with Crippen molar-refractivity contribution in [2.45, 2.75) is 13.8 Å². The molecule has 0 spiro atoms. The Morgan fingerprint density at radius 3 is 2.43 bits per heavy atom. The third-order valence-corrected chi connectivity index (χ3v) is 3.21. The number of benzene rings is 2. The van der Waals surface area contributed by atoms with E-state index in [0.717, 1.165) is 22.8 Å². The Morgan fingerprint density at radius 2 is 1.78 bits per heavy atom. The molecule has 0 saturated heterocycles. The van der Waals surface area contributed by atoms with Crippen LogP contribution in [-0.4, -0.2) is 16.1 Å². The zero-order valence-electron chi connectivity index (χ0n) is 12.5. The zero-order chi connectivity index (χ0) is 17.0. The van der Waals surface area contributed by atoms with Crippen LogP contribution in [0.5, 0.6) is 0 Å². The lowest BCUT2D eigenvalue weighted by atomic mass is 10.1. The van der Waals surface area contributed by atoms with Gasteiger partial charge < -0.3 is 0 Å². The van der Waals surface area contributed by atoms with Crippen molar-refractivity contribution in [3.8, 4) is 0 Å². The molecule has 0 aliphatic carbocycles. The number of non-ortho nitro benzene ring substituents is 1. The van der Waals surface area contributed by atoms with Crippen molar-refractivity contribution in [2.75, 3.05) is 5.43 Å². The molecule has 23 heavy (non-hydrogen) atoms. The summed E-state index contributed by atoms with van der Waals surface area (Å²) in [6.45, 7) is 3.88. The summed E-state index contributed by atoms with van der Waals surface area (Å²) >= 11 is 0. The Bertz CT molecular complexity index is 802. The van der Waals surface area contributed by atoms with Crippen LogP contribution in [0.25, 0.3) is 0 Å². The monoisotopic (exact) mass is 314 g/mol. The molecule has 0 atom stereocenters. The van der Waals surface area contributed by atoms with Crippen LogP contribution in [0, 0.1) is 34.1 Å². The number of hydrogen-bond donors (Lipinski definition) is 1. The van der Waals surface area contributed by atoms with Gasteiger partial charge in [-0.2, -0.15) is 5.10 Å². The molecule has 0 aliphatic heterocycles. The molecule has 0 radical (unpaired) electrons. The van der Waals surface area contributed by atoms with E-state index in [1.807, 2.05) is 32.0 Å². The van der Waals surface area contributed by atoms with Gasteiger partial charge in [0.05, 0.1) is 22.1 Å². The smallest absolute Gasteiger partial charge is 0.272 e. The summed E-state index contributed by atoms with van der Waals surface area (Å²) in [6.07, 6.45) is 1.55. The van der Waals surface area contributed by atoms with Gasteiger partial charge >= 0.3 is 5.69 Å². The molecule has 0 fully saturated rings. The second-order valence-electron chi connectivity index (χ2n) is 4.95. The second kappa shape index (κ2) is 6.65. The number of aryl methyl sites for hydroxylation is 2. The van der Waals surface area contributed by atoms with E-state index in [0.29, 0.717) is 0 Å². The lowest BCUT2D eigenvalue weighted by molar-refractivity contribution is -0.393. The summed E-state index contributed by atoms with van der Waals surface area (Å²) in [7, 11) is 0. The van der Waals surface area contributed by atoms with Crippen LogP contribution in [0.1, 0.15) is 16.7 Å². The molecular weight excluding hydrogens is 300 g/mol. The van der Waals surface area contributed by atoms with E-state index in [2.05, 4.69) is 10.5 Å².